The Morgan fingerprint density at radius 3 is 2.85 bits per heavy atom. The molecule has 1 fully saturated rings. The van der Waals surface area contributed by atoms with Crippen LogP contribution < -0.4 is 5.73 Å². The zero-order chi connectivity index (χ0) is 10.1. The van der Waals surface area contributed by atoms with Gasteiger partial charge in [0.1, 0.15) is 5.66 Å². The summed E-state index contributed by atoms with van der Waals surface area (Å²) < 4.78 is 0. The molecule has 0 saturated carbocycles. The number of carboxylic acid groups (broad SMARTS) is 1. The lowest BCUT2D eigenvalue weighted by molar-refractivity contribution is 0.104. The predicted octanol–water partition coefficient (Wildman–Crippen LogP) is 0.265. The Morgan fingerprint density at radius 1 is 1.77 bits per heavy atom. The lowest BCUT2D eigenvalue weighted by Gasteiger charge is -2.40. The van der Waals surface area contributed by atoms with Gasteiger partial charge in [-0.05, 0) is 19.8 Å². The molecule has 0 aromatic carbocycles. The van der Waals surface area contributed by atoms with Crippen LogP contribution >= 0.6 is 0 Å². The van der Waals surface area contributed by atoms with Crippen LogP contribution in [-0.2, 0) is 0 Å². The number of hydrogen-bond donors (Lipinski definition) is 3. The van der Waals surface area contributed by atoms with Crippen LogP contribution in [0, 0.1) is 0 Å². The molecule has 6 heteroatoms. The Balaban J connectivity index is 2.94. The fourth-order valence-electron chi connectivity index (χ4n) is 1.49. The number of nitrogens with zero attached hydrogens (tertiary/aromatic N) is 2. The topological polar surface area (TPSA) is 99.2 Å². The van der Waals surface area contributed by atoms with Gasteiger partial charge in [0.2, 0.25) is 0 Å². The van der Waals surface area contributed by atoms with E-state index in [4.69, 9.17) is 16.0 Å². The van der Waals surface area contributed by atoms with Crippen molar-refractivity contribution in [3.8, 4) is 0 Å². The van der Waals surface area contributed by atoms with Crippen LogP contribution in [0.15, 0.2) is 5.16 Å². The first-order chi connectivity index (χ1) is 6.00. The maximum absolute atomic E-state index is 10.7. The minimum absolute atomic E-state index is 0.307. The van der Waals surface area contributed by atoms with Gasteiger partial charge in [-0.25, -0.2) is 4.79 Å². The van der Waals surface area contributed by atoms with Crippen LogP contribution in [0.5, 0.6) is 0 Å². The van der Waals surface area contributed by atoms with E-state index in [-0.39, 0.29) is 0 Å². The number of likely N-dealkylation sites (tertiary alicyclic amines) is 1. The molecule has 0 bridgehead atoms. The van der Waals surface area contributed by atoms with E-state index in [1.54, 1.807) is 0 Å². The third kappa shape index (κ3) is 1.57. The van der Waals surface area contributed by atoms with Crippen molar-refractivity contribution in [2.45, 2.75) is 25.4 Å². The average Bonchev–Trinajstić information content (AvgIpc) is 2.02. The van der Waals surface area contributed by atoms with Crippen LogP contribution in [0.2, 0.25) is 0 Å². The highest BCUT2D eigenvalue weighted by atomic mass is 16.4. The molecule has 0 spiro atoms. The number of amides is 1. The lowest BCUT2D eigenvalue weighted by Crippen LogP contribution is -2.63. The van der Waals surface area contributed by atoms with E-state index in [1.807, 2.05) is 0 Å². The van der Waals surface area contributed by atoms with Gasteiger partial charge in [0.15, 0.2) is 0 Å². The molecule has 4 N–H and O–H groups in total. The molecule has 74 valence electrons. The number of hydrogen-bond acceptors (Lipinski definition) is 4. The van der Waals surface area contributed by atoms with Gasteiger partial charge in [0, 0.05) is 6.54 Å². The van der Waals surface area contributed by atoms with Gasteiger partial charge in [-0.15, -0.1) is 0 Å². The molecule has 1 aliphatic heterocycles. The summed E-state index contributed by atoms with van der Waals surface area (Å²) in [6, 6.07) is 0. The highest BCUT2D eigenvalue weighted by Crippen LogP contribution is 2.20. The predicted molar refractivity (Wildman–Crippen MR) is 45.8 cm³/mol. The Kier molecular flexibility index (Phi) is 2.42. The normalized spacial score (nSPS) is 32.2. The molecule has 0 aliphatic carbocycles. The molecule has 1 heterocycles. The molecule has 1 aliphatic rings. The number of piperidine rings is 1. The van der Waals surface area contributed by atoms with Crippen molar-refractivity contribution in [3.63, 3.8) is 0 Å². The van der Waals surface area contributed by atoms with Crippen LogP contribution in [0.25, 0.3) is 0 Å². The molecular formula is C7H13N3O3. The summed E-state index contributed by atoms with van der Waals surface area (Å²) in [7, 11) is 0. The zero-order valence-corrected chi connectivity index (χ0v) is 7.40. The molecule has 1 rings (SSSR count). The van der Waals surface area contributed by atoms with Gasteiger partial charge in [0.05, 0.1) is 5.71 Å². The second-order valence-corrected chi connectivity index (χ2v) is 3.23. The van der Waals surface area contributed by atoms with Crippen molar-refractivity contribution in [3.05, 3.63) is 0 Å². The lowest BCUT2D eigenvalue weighted by atomic mass is 9.96. The van der Waals surface area contributed by atoms with E-state index >= 15 is 0 Å². The van der Waals surface area contributed by atoms with Crippen LogP contribution in [-0.4, -0.2) is 39.2 Å². The van der Waals surface area contributed by atoms with Gasteiger partial charge >= 0.3 is 6.09 Å². The van der Waals surface area contributed by atoms with Gasteiger partial charge in [-0.1, -0.05) is 5.16 Å². The van der Waals surface area contributed by atoms with E-state index < -0.39 is 11.8 Å². The summed E-state index contributed by atoms with van der Waals surface area (Å²) in [6.45, 7) is 1.90. The van der Waals surface area contributed by atoms with E-state index in [0.717, 1.165) is 4.90 Å². The first-order valence-electron chi connectivity index (χ1n) is 4.01. The fourth-order valence-corrected chi connectivity index (χ4v) is 1.49. The third-order valence-corrected chi connectivity index (χ3v) is 2.29. The largest absolute Gasteiger partial charge is 0.465 e. The van der Waals surface area contributed by atoms with Crippen molar-refractivity contribution in [2.24, 2.45) is 10.9 Å². The molecular weight excluding hydrogens is 174 g/mol. The molecule has 1 atom stereocenters. The van der Waals surface area contributed by atoms with Crippen molar-refractivity contribution >= 4 is 11.8 Å². The fraction of sp³-hybridized carbons (Fsp3) is 0.714. The van der Waals surface area contributed by atoms with Crippen molar-refractivity contribution in [2.75, 3.05) is 6.54 Å². The highest BCUT2D eigenvalue weighted by molar-refractivity contribution is 5.95. The van der Waals surface area contributed by atoms with Gasteiger partial charge in [-0.3, -0.25) is 4.90 Å². The average molecular weight is 187 g/mol. The highest BCUT2D eigenvalue weighted by Gasteiger charge is 2.39. The summed E-state index contributed by atoms with van der Waals surface area (Å²) in [4.78, 5) is 11.8. The molecule has 1 amide bonds. The van der Waals surface area contributed by atoms with Crippen LogP contribution in [0.3, 0.4) is 0 Å². The molecule has 6 nitrogen and oxygen atoms in total. The molecule has 0 aromatic rings. The Labute approximate surface area is 75.6 Å². The molecule has 0 unspecified atom stereocenters. The SMILES string of the molecule is C[C@@]1(N)/C(=N\O)CCCN1C(=O)O. The van der Waals surface area contributed by atoms with Gasteiger partial charge in [-0.2, -0.15) is 0 Å². The Hall–Kier alpha value is -1.30. The van der Waals surface area contributed by atoms with Crippen molar-refractivity contribution in [1.82, 2.24) is 4.90 Å². The molecule has 13 heavy (non-hydrogen) atoms. The summed E-state index contributed by atoms with van der Waals surface area (Å²) in [5.41, 5.74) is 4.86. The van der Waals surface area contributed by atoms with E-state index in [9.17, 15) is 4.79 Å². The molecule has 1 saturated heterocycles. The van der Waals surface area contributed by atoms with Gasteiger partial charge in [0.25, 0.3) is 0 Å². The number of nitrogens with two attached hydrogens (primary N) is 1. The Bertz CT molecular complexity index is 249. The van der Waals surface area contributed by atoms with E-state index in [1.165, 1.54) is 6.92 Å². The second-order valence-electron chi connectivity index (χ2n) is 3.23. The van der Waals surface area contributed by atoms with Gasteiger partial charge < -0.3 is 16.0 Å². The van der Waals surface area contributed by atoms with Crippen LogP contribution in [0.4, 0.5) is 4.79 Å². The van der Waals surface area contributed by atoms with Crippen molar-refractivity contribution < 1.29 is 15.1 Å². The quantitative estimate of drug-likeness (QED) is 0.374. The summed E-state index contributed by atoms with van der Waals surface area (Å²) in [5.74, 6) is 0. The standard InChI is InChI=1S/C7H13N3O3/c1-7(8)5(9-13)3-2-4-10(7)6(11)12/h13H,2-4,8H2,1H3,(H,11,12)/b9-5-/t7-/m0/s1. The zero-order valence-electron chi connectivity index (χ0n) is 7.40. The number of carbonyl (C=O) groups is 1. The van der Waals surface area contributed by atoms with E-state index in [2.05, 4.69) is 5.16 Å². The molecule has 0 radical (unpaired) electrons. The maximum atomic E-state index is 10.7. The number of oxime groups is 1. The summed E-state index contributed by atoms with van der Waals surface area (Å²) in [6.07, 6.45) is 0.0806. The Morgan fingerprint density at radius 2 is 2.38 bits per heavy atom. The summed E-state index contributed by atoms with van der Waals surface area (Å²) >= 11 is 0. The number of rotatable bonds is 0. The maximum Gasteiger partial charge on any atom is 0.409 e. The monoisotopic (exact) mass is 187 g/mol. The summed E-state index contributed by atoms with van der Waals surface area (Å²) in [5, 5.41) is 20.4. The smallest absolute Gasteiger partial charge is 0.409 e. The third-order valence-electron chi connectivity index (χ3n) is 2.29. The first-order valence-corrected chi connectivity index (χ1v) is 4.01. The first kappa shape index (κ1) is 9.79. The minimum Gasteiger partial charge on any atom is -0.465 e. The van der Waals surface area contributed by atoms with E-state index in [0.29, 0.717) is 25.1 Å². The minimum atomic E-state index is -1.18. The second kappa shape index (κ2) is 3.21. The van der Waals surface area contributed by atoms with Crippen molar-refractivity contribution in [1.29, 1.82) is 0 Å². The molecule has 0 aromatic heterocycles. The van der Waals surface area contributed by atoms with Crippen LogP contribution in [0.1, 0.15) is 19.8 Å².